The molecule has 0 amide bonds. The minimum atomic E-state index is -0.372. The Morgan fingerprint density at radius 1 is 1.00 bits per heavy atom. The van der Waals surface area contributed by atoms with E-state index < -0.39 is 0 Å². The smallest absolute Gasteiger partial charge is 0.0707 e. The third-order valence-electron chi connectivity index (χ3n) is 5.25. The summed E-state index contributed by atoms with van der Waals surface area (Å²) in [6.45, 7) is 16.4. The van der Waals surface area contributed by atoms with E-state index in [1.807, 2.05) is 18.2 Å². The van der Waals surface area contributed by atoms with Gasteiger partial charge in [-0.25, -0.2) is 0 Å². The normalized spacial score (nSPS) is 23.1. The van der Waals surface area contributed by atoms with Crippen molar-refractivity contribution in [3.63, 3.8) is 0 Å². The SMILES string of the molecule is C=C/C=C\C(=C/CC)C1(C(/C=C\C)=C/C)C(=C/C=C)/C(=C\C)c2ccccc21. The minimum absolute atomic E-state index is 0.372. The number of hydrogen-bond donors (Lipinski definition) is 0. The van der Waals surface area contributed by atoms with E-state index in [-0.39, 0.29) is 5.41 Å². The topological polar surface area (TPSA) is 0 Å². The Morgan fingerprint density at radius 3 is 2.32 bits per heavy atom. The van der Waals surface area contributed by atoms with Gasteiger partial charge in [-0.05, 0) is 60.6 Å². The van der Waals surface area contributed by atoms with E-state index in [1.165, 1.54) is 33.4 Å². The van der Waals surface area contributed by atoms with Gasteiger partial charge in [-0.3, -0.25) is 0 Å². The van der Waals surface area contributed by atoms with E-state index in [0.717, 1.165) is 6.42 Å². The summed E-state index contributed by atoms with van der Waals surface area (Å²) in [4.78, 5) is 0. The highest BCUT2D eigenvalue weighted by Crippen LogP contribution is 2.58. The van der Waals surface area contributed by atoms with Gasteiger partial charge in [0.2, 0.25) is 0 Å². The summed E-state index contributed by atoms with van der Waals surface area (Å²) < 4.78 is 0. The predicted molar refractivity (Wildman–Crippen MR) is 126 cm³/mol. The molecule has 28 heavy (non-hydrogen) atoms. The van der Waals surface area contributed by atoms with Crippen LogP contribution in [0, 0.1) is 0 Å². The highest BCUT2D eigenvalue weighted by molar-refractivity contribution is 5.94. The summed E-state index contributed by atoms with van der Waals surface area (Å²) in [5.41, 5.74) is 7.30. The van der Waals surface area contributed by atoms with Crippen LogP contribution in [0.2, 0.25) is 0 Å². The van der Waals surface area contributed by atoms with Gasteiger partial charge < -0.3 is 0 Å². The molecule has 0 fully saturated rings. The summed E-state index contributed by atoms with van der Waals surface area (Å²) in [5, 5.41) is 0. The molecule has 0 saturated carbocycles. The first-order chi connectivity index (χ1) is 13.7. The lowest BCUT2D eigenvalue weighted by Crippen LogP contribution is -2.29. The molecule has 1 aliphatic carbocycles. The van der Waals surface area contributed by atoms with E-state index in [0.29, 0.717) is 0 Å². The van der Waals surface area contributed by atoms with Crippen molar-refractivity contribution in [1.82, 2.24) is 0 Å². The number of benzene rings is 1. The second-order valence-electron chi connectivity index (χ2n) is 6.72. The van der Waals surface area contributed by atoms with Crippen molar-refractivity contribution in [2.24, 2.45) is 0 Å². The molecule has 0 bridgehead atoms. The first-order valence-electron chi connectivity index (χ1n) is 10.1. The highest BCUT2D eigenvalue weighted by atomic mass is 14.5. The zero-order valence-corrected chi connectivity index (χ0v) is 17.7. The molecule has 0 N–H and O–H groups in total. The molecule has 0 nitrogen and oxygen atoms in total. The van der Waals surface area contributed by atoms with Crippen molar-refractivity contribution in [2.45, 2.75) is 39.5 Å². The molecule has 0 aliphatic heterocycles. The van der Waals surface area contributed by atoms with Gasteiger partial charge in [0.15, 0.2) is 0 Å². The summed E-state index contributed by atoms with van der Waals surface area (Å²) >= 11 is 0. The van der Waals surface area contributed by atoms with Crippen molar-refractivity contribution in [3.8, 4) is 0 Å². The number of allylic oxidation sites excluding steroid dienone is 14. The molecule has 1 atom stereocenters. The van der Waals surface area contributed by atoms with Gasteiger partial charge in [0.25, 0.3) is 0 Å². The van der Waals surface area contributed by atoms with Crippen molar-refractivity contribution >= 4 is 5.57 Å². The molecule has 0 heteroatoms. The van der Waals surface area contributed by atoms with Crippen molar-refractivity contribution in [2.75, 3.05) is 0 Å². The quantitative estimate of drug-likeness (QED) is 0.427. The van der Waals surface area contributed by atoms with Crippen LogP contribution in [-0.2, 0) is 5.41 Å². The maximum Gasteiger partial charge on any atom is 0.0707 e. The van der Waals surface area contributed by atoms with Gasteiger partial charge in [0.05, 0.1) is 5.41 Å². The van der Waals surface area contributed by atoms with Crippen LogP contribution < -0.4 is 0 Å². The molecule has 0 saturated heterocycles. The zero-order chi connectivity index (χ0) is 20.6. The van der Waals surface area contributed by atoms with Crippen LogP contribution in [0.1, 0.15) is 45.2 Å². The molecular formula is C28H32. The van der Waals surface area contributed by atoms with Crippen molar-refractivity contribution in [1.29, 1.82) is 0 Å². The highest BCUT2D eigenvalue weighted by Gasteiger charge is 2.48. The van der Waals surface area contributed by atoms with E-state index in [9.17, 15) is 0 Å². The lowest BCUT2D eigenvalue weighted by Gasteiger charge is -2.36. The molecule has 1 aliphatic rings. The van der Waals surface area contributed by atoms with Gasteiger partial charge in [-0.15, -0.1) is 0 Å². The minimum Gasteiger partial charge on any atom is -0.0991 e. The standard InChI is InChI=1S/C28H32/c1-7-13-19-23(17-9-3)28(22(11-5)16-8-2)26(18-10-4)24(12-6)25-20-14-15-21-27(25)28/h7-8,10-21H,1,4,9H2,2-3,5-6H3/b16-8-,19-13-,22-11+,23-17+,24-12-,26-18+. The fourth-order valence-electron chi connectivity index (χ4n) is 4.32. The first kappa shape index (κ1) is 21.4. The van der Waals surface area contributed by atoms with Gasteiger partial charge >= 0.3 is 0 Å². The first-order valence-corrected chi connectivity index (χ1v) is 10.1. The fourth-order valence-corrected chi connectivity index (χ4v) is 4.32. The average molecular weight is 369 g/mol. The lowest BCUT2D eigenvalue weighted by atomic mass is 9.65. The van der Waals surface area contributed by atoms with Crippen LogP contribution in [0.25, 0.3) is 5.57 Å². The third kappa shape index (κ3) is 3.47. The van der Waals surface area contributed by atoms with E-state index in [4.69, 9.17) is 0 Å². The molecular weight excluding hydrogens is 336 g/mol. The third-order valence-corrected chi connectivity index (χ3v) is 5.25. The molecule has 0 spiro atoms. The van der Waals surface area contributed by atoms with E-state index in [2.05, 4.69) is 108 Å². The van der Waals surface area contributed by atoms with Crippen LogP contribution >= 0.6 is 0 Å². The Bertz CT molecular complexity index is 909. The number of hydrogen-bond acceptors (Lipinski definition) is 0. The molecule has 0 aromatic heterocycles. The molecule has 2 rings (SSSR count). The Balaban J connectivity index is 3.11. The Labute approximate surface area is 171 Å². The van der Waals surface area contributed by atoms with Crippen molar-refractivity contribution < 1.29 is 0 Å². The summed E-state index contributed by atoms with van der Waals surface area (Å²) in [5.74, 6) is 0. The molecule has 0 radical (unpaired) electrons. The predicted octanol–water partition coefficient (Wildman–Crippen LogP) is 8.05. The van der Waals surface area contributed by atoms with Gasteiger partial charge in [0.1, 0.15) is 0 Å². The van der Waals surface area contributed by atoms with Crippen LogP contribution in [0.5, 0.6) is 0 Å². The van der Waals surface area contributed by atoms with Crippen LogP contribution in [0.4, 0.5) is 0 Å². The maximum absolute atomic E-state index is 4.03. The Kier molecular flexibility index (Phi) is 7.58. The fraction of sp³-hybridized carbons (Fsp3) is 0.214. The van der Waals surface area contributed by atoms with Gasteiger partial charge in [-0.1, -0.05) is 105 Å². The lowest BCUT2D eigenvalue weighted by molar-refractivity contribution is 0.758. The molecule has 144 valence electrons. The summed E-state index contributed by atoms with van der Waals surface area (Å²) in [6.07, 6.45) is 22.3. The molecule has 1 aromatic carbocycles. The van der Waals surface area contributed by atoms with E-state index >= 15 is 0 Å². The van der Waals surface area contributed by atoms with Crippen LogP contribution in [-0.4, -0.2) is 0 Å². The monoisotopic (exact) mass is 368 g/mol. The van der Waals surface area contributed by atoms with Crippen LogP contribution in [0.15, 0.2) is 115 Å². The van der Waals surface area contributed by atoms with Crippen molar-refractivity contribution in [3.05, 3.63) is 126 Å². The molecule has 1 unspecified atom stereocenters. The Hall–Kier alpha value is -2.86. The van der Waals surface area contributed by atoms with Crippen LogP contribution in [0.3, 0.4) is 0 Å². The van der Waals surface area contributed by atoms with Gasteiger partial charge in [-0.2, -0.15) is 0 Å². The molecule has 1 aromatic rings. The second-order valence-corrected chi connectivity index (χ2v) is 6.72. The largest absolute Gasteiger partial charge is 0.0991 e. The Morgan fingerprint density at radius 2 is 1.75 bits per heavy atom. The zero-order valence-electron chi connectivity index (χ0n) is 17.7. The average Bonchev–Trinajstić information content (AvgIpc) is 2.99. The second kappa shape index (κ2) is 9.90. The van der Waals surface area contributed by atoms with Gasteiger partial charge in [0, 0.05) is 0 Å². The van der Waals surface area contributed by atoms with E-state index in [1.54, 1.807) is 0 Å². The number of fused-ring (bicyclic) bond motifs is 1. The summed E-state index contributed by atoms with van der Waals surface area (Å²) in [7, 11) is 0. The molecule has 0 heterocycles. The maximum atomic E-state index is 4.03. The number of rotatable bonds is 7. The summed E-state index contributed by atoms with van der Waals surface area (Å²) in [6, 6.07) is 8.76.